The third-order valence-corrected chi connectivity index (χ3v) is 7.38. The number of piperidine rings is 1. The van der Waals surface area contributed by atoms with Crippen molar-refractivity contribution >= 4 is 29.7 Å². The Hall–Kier alpha value is -1.41. The highest BCUT2D eigenvalue weighted by Gasteiger charge is 2.41. The summed E-state index contributed by atoms with van der Waals surface area (Å²) < 4.78 is 6.25. The molecule has 3 aliphatic heterocycles. The summed E-state index contributed by atoms with van der Waals surface area (Å²) in [6, 6.07) is 4.15. The molecule has 2 aromatic rings. The number of fused-ring (bicyclic) bond motifs is 2. The molecule has 0 radical (unpaired) electrons. The molecular weight excluding hydrogens is 384 g/mol. The van der Waals surface area contributed by atoms with Crippen molar-refractivity contribution in [1.82, 2.24) is 20.4 Å². The zero-order valence-corrected chi connectivity index (χ0v) is 16.8. The number of hydrogen-bond donors (Lipinski definition) is 2. The summed E-state index contributed by atoms with van der Waals surface area (Å²) in [4.78, 5) is 17.3. The van der Waals surface area contributed by atoms with E-state index in [-0.39, 0.29) is 23.9 Å². The maximum Gasteiger partial charge on any atom is 0.263 e. The second kappa shape index (κ2) is 7.54. The van der Waals surface area contributed by atoms with E-state index in [9.17, 15) is 4.79 Å². The molecule has 5 heterocycles. The van der Waals surface area contributed by atoms with Crippen LogP contribution in [0.1, 0.15) is 51.0 Å². The van der Waals surface area contributed by atoms with Gasteiger partial charge in [0.15, 0.2) is 0 Å². The fourth-order valence-electron chi connectivity index (χ4n) is 4.58. The minimum atomic E-state index is -0.161. The van der Waals surface area contributed by atoms with Crippen LogP contribution in [0.4, 0.5) is 0 Å². The Bertz CT molecular complexity index is 801. The first-order chi connectivity index (χ1) is 12.8. The molecule has 1 atom stereocenters. The van der Waals surface area contributed by atoms with E-state index in [0.29, 0.717) is 5.92 Å². The van der Waals surface area contributed by atoms with Crippen molar-refractivity contribution in [2.24, 2.45) is 0 Å². The first kappa shape index (κ1) is 18.9. The minimum Gasteiger partial charge on any atom is -0.369 e. The van der Waals surface area contributed by atoms with E-state index in [1.807, 2.05) is 11.0 Å². The number of rotatable bonds is 2. The molecule has 1 spiro atoms. The molecule has 0 aromatic carbocycles. The number of nitrogens with zero attached hydrogens (tertiary/aromatic N) is 2. The molecule has 5 rings (SSSR count). The van der Waals surface area contributed by atoms with E-state index in [4.69, 9.17) is 4.74 Å². The van der Waals surface area contributed by atoms with Crippen molar-refractivity contribution in [3.05, 3.63) is 39.3 Å². The van der Waals surface area contributed by atoms with E-state index in [1.54, 1.807) is 17.5 Å². The van der Waals surface area contributed by atoms with Crippen molar-refractivity contribution in [3.63, 3.8) is 0 Å². The van der Waals surface area contributed by atoms with Gasteiger partial charge in [-0.3, -0.25) is 9.89 Å². The molecule has 0 aliphatic carbocycles. The highest BCUT2D eigenvalue weighted by molar-refractivity contribution is 7.14. The Labute approximate surface area is 169 Å². The van der Waals surface area contributed by atoms with Crippen LogP contribution >= 0.6 is 23.7 Å². The fourth-order valence-corrected chi connectivity index (χ4v) is 5.96. The van der Waals surface area contributed by atoms with Gasteiger partial charge in [-0.25, -0.2) is 0 Å². The van der Waals surface area contributed by atoms with Gasteiger partial charge in [0.1, 0.15) is 5.60 Å². The Balaban J connectivity index is 0.00000180. The SMILES string of the molecule is Cl.O=C(c1cc2c(s1)C1(CCNCC1)OCC2)N1CCC(c2ccn[nH]2)C1. The number of amides is 1. The number of hydrogen-bond acceptors (Lipinski definition) is 5. The monoisotopic (exact) mass is 408 g/mol. The molecule has 146 valence electrons. The van der Waals surface area contributed by atoms with Crippen LogP contribution in [0.5, 0.6) is 0 Å². The second-order valence-electron chi connectivity index (χ2n) is 7.56. The molecule has 2 N–H and O–H groups in total. The predicted molar refractivity (Wildman–Crippen MR) is 107 cm³/mol. The largest absolute Gasteiger partial charge is 0.369 e. The van der Waals surface area contributed by atoms with Gasteiger partial charge in [-0.15, -0.1) is 23.7 Å². The van der Waals surface area contributed by atoms with Gasteiger partial charge in [-0.2, -0.15) is 5.10 Å². The molecule has 8 heteroatoms. The van der Waals surface area contributed by atoms with E-state index < -0.39 is 0 Å². The van der Waals surface area contributed by atoms with Crippen LogP contribution in [-0.4, -0.2) is 53.8 Å². The number of aromatic nitrogens is 2. The van der Waals surface area contributed by atoms with Crippen molar-refractivity contribution in [1.29, 1.82) is 0 Å². The average molecular weight is 409 g/mol. The average Bonchev–Trinajstić information content (AvgIpc) is 3.41. The van der Waals surface area contributed by atoms with Gasteiger partial charge in [0, 0.05) is 35.8 Å². The van der Waals surface area contributed by atoms with Gasteiger partial charge in [-0.05, 0) is 56.5 Å². The minimum absolute atomic E-state index is 0. The zero-order chi connectivity index (χ0) is 17.6. The van der Waals surface area contributed by atoms with Crippen LogP contribution in [0.15, 0.2) is 18.3 Å². The number of carbonyl (C=O) groups is 1. The summed E-state index contributed by atoms with van der Waals surface area (Å²) in [5.41, 5.74) is 2.30. The van der Waals surface area contributed by atoms with E-state index in [0.717, 1.165) is 69.0 Å². The Kier molecular flexibility index (Phi) is 5.29. The maximum absolute atomic E-state index is 13.1. The first-order valence-electron chi connectivity index (χ1n) is 9.52. The standard InChI is InChI=1S/C19H24N4O2S.ClH/c24-18(23-9-2-14(12-23)15-1-6-21-22-15)16-11-13-3-10-25-19(17(13)26-16)4-7-20-8-5-19;/h1,6,11,14,20H,2-5,7-10,12H2,(H,21,22);1H. The lowest BCUT2D eigenvalue weighted by atomic mass is 9.86. The highest BCUT2D eigenvalue weighted by atomic mass is 35.5. The summed E-state index contributed by atoms with van der Waals surface area (Å²) in [5, 5.41) is 10.5. The van der Waals surface area contributed by atoms with Crippen molar-refractivity contribution in [2.45, 2.75) is 37.2 Å². The molecule has 2 aromatic heterocycles. The molecule has 2 fully saturated rings. The number of thiophene rings is 1. The van der Waals surface area contributed by atoms with Crippen LogP contribution in [-0.2, 0) is 16.8 Å². The molecule has 2 saturated heterocycles. The lowest BCUT2D eigenvalue weighted by Gasteiger charge is -2.40. The Morgan fingerprint density at radius 1 is 1.37 bits per heavy atom. The van der Waals surface area contributed by atoms with E-state index >= 15 is 0 Å². The molecular formula is C19H25ClN4O2S. The lowest BCUT2D eigenvalue weighted by molar-refractivity contribution is -0.0771. The predicted octanol–water partition coefficient (Wildman–Crippen LogP) is 2.67. The summed E-state index contributed by atoms with van der Waals surface area (Å²) in [5.74, 6) is 0.547. The van der Waals surface area contributed by atoms with Crippen LogP contribution in [0.2, 0.25) is 0 Å². The van der Waals surface area contributed by atoms with Crippen LogP contribution in [0.3, 0.4) is 0 Å². The van der Waals surface area contributed by atoms with Gasteiger partial charge in [-0.1, -0.05) is 0 Å². The molecule has 6 nitrogen and oxygen atoms in total. The second-order valence-corrected chi connectivity index (χ2v) is 8.61. The van der Waals surface area contributed by atoms with Crippen LogP contribution < -0.4 is 5.32 Å². The Morgan fingerprint density at radius 2 is 2.22 bits per heavy atom. The number of halogens is 1. The molecule has 3 aliphatic rings. The van der Waals surface area contributed by atoms with E-state index in [1.165, 1.54) is 10.4 Å². The smallest absolute Gasteiger partial charge is 0.263 e. The van der Waals surface area contributed by atoms with Crippen molar-refractivity contribution in [2.75, 3.05) is 32.8 Å². The normalized spacial score (nSPS) is 23.9. The third kappa shape index (κ3) is 3.31. The van der Waals surface area contributed by atoms with Crippen molar-refractivity contribution in [3.8, 4) is 0 Å². The van der Waals surface area contributed by atoms with Crippen molar-refractivity contribution < 1.29 is 9.53 Å². The van der Waals surface area contributed by atoms with Crippen LogP contribution in [0, 0.1) is 0 Å². The summed E-state index contributed by atoms with van der Waals surface area (Å²) in [7, 11) is 0. The number of likely N-dealkylation sites (tertiary alicyclic amines) is 1. The van der Waals surface area contributed by atoms with Gasteiger partial charge < -0.3 is 15.0 Å². The molecule has 27 heavy (non-hydrogen) atoms. The fraction of sp³-hybridized carbons (Fsp3) is 0.579. The quantitative estimate of drug-likeness (QED) is 0.801. The van der Waals surface area contributed by atoms with Gasteiger partial charge in [0.2, 0.25) is 0 Å². The topological polar surface area (TPSA) is 70.2 Å². The number of carbonyl (C=O) groups excluding carboxylic acids is 1. The highest BCUT2D eigenvalue weighted by Crippen LogP contribution is 2.44. The van der Waals surface area contributed by atoms with Gasteiger partial charge in [0.25, 0.3) is 5.91 Å². The maximum atomic E-state index is 13.1. The summed E-state index contributed by atoms with van der Waals surface area (Å²) in [6.07, 6.45) is 5.70. The first-order valence-corrected chi connectivity index (χ1v) is 10.3. The summed E-state index contributed by atoms with van der Waals surface area (Å²) >= 11 is 1.67. The number of aromatic amines is 1. The molecule has 0 saturated carbocycles. The lowest BCUT2D eigenvalue weighted by Crippen LogP contribution is -2.43. The summed E-state index contributed by atoms with van der Waals surface area (Å²) in [6.45, 7) is 4.33. The van der Waals surface area contributed by atoms with Crippen LogP contribution in [0.25, 0.3) is 0 Å². The molecule has 0 bridgehead atoms. The van der Waals surface area contributed by atoms with E-state index in [2.05, 4.69) is 21.6 Å². The molecule has 1 amide bonds. The van der Waals surface area contributed by atoms with Gasteiger partial charge in [0.05, 0.1) is 11.5 Å². The molecule has 1 unspecified atom stereocenters. The number of ether oxygens (including phenoxy) is 1. The third-order valence-electron chi connectivity index (χ3n) is 6.03. The van der Waals surface area contributed by atoms with Gasteiger partial charge >= 0.3 is 0 Å². The Morgan fingerprint density at radius 3 is 3.00 bits per heavy atom. The number of H-pyrrole nitrogens is 1. The number of nitrogens with one attached hydrogen (secondary N) is 2. The zero-order valence-electron chi connectivity index (χ0n) is 15.2.